The van der Waals surface area contributed by atoms with Gasteiger partial charge in [0, 0.05) is 26.2 Å². The number of guanidine groups is 1. The highest BCUT2D eigenvalue weighted by Gasteiger charge is 2.29. The molecule has 1 atom stereocenters. The number of aliphatic imine (C=N–C) groups is 1. The van der Waals surface area contributed by atoms with Gasteiger partial charge in [-0.3, -0.25) is 4.99 Å². The minimum absolute atomic E-state index is 0.173. The molecule has 0 bridgehead atoms. The lowest BCUT2D eigenvalue weighted by molar-refractivity contribution is 0.0283. The van der Waals surface area contributed by atoms with Gasteiger partial charge in [0.1, 0.15) is 0 Å². The van der Waals surface area contributed by atoms with Crippen LogP contribution < -0.4 is 15.4 Å². The Hall–Kier alpha value is -0.860. The van der Waals surface area contributed by atoms with Crippen molar-refractivity contribution in [3.8, 4) is 0 Å². The van der Waals surface area contributed by atoms with Gasteiger partial charge < -0.3 is 15.4 Å². The molecule has 0 radical (unpaired) electrons. The predicted molar refractivity (Wildman–Crippen MR) is 80.4 cm³/mol. The van der Waals surface area contributed by atoms with Crippen LogP contribution in [0.4, 0.5) is 0 Å². The number of hydrogen-bond donors (Lipinski definition) is 3. The summed E-state index contributed by atoms with van der Waals surface area (Å²) >= 11 is 0. The molecular formula is C12H26N4O3S. The van der Waals surface area contributed by atoms with E-state index in [4.69, 9.17) is 4.74 Å². The number of nitrogens with zero attached hydrogens (tertiary/aromatic N) is 1. The van der Waals surface area contributed by atoms with E-state index in [0.29, 0.717) is 25.6 Å². The second kappa shape index (κ2) is 7.80. The van der Waals surface area contributed by atoms with E-state index < -0.39 is 10.0 Å². The molecule has 1 heterocycles. The van der Waals surface area contributed by atoms with Gasteiger partial charge in [-0.25, -0.2) is 13.1 Å². The maximum absolute atomic E-state index is 10.9. The Morgan fingerprint density at radius 3 is 2.65 bits per heavy atom. The van der Waals surface area contributed by atoms with Crippen LogP contribution in [0.15, 0.2) is 4.99 Å². The molecule has 1 aliphatic heterocycles. The van der Waals surface area contributed by atoms with Crippen molar-refractivity contribution in [2.75, 3.05) is 39.0 Å². The summed E-state index contributed by atoms with van der Waals surface area (Å²) in [7, 11) is -3.14. The van der Waals surface area contributed by atoms with E-state index in [1.807, 2.05) is 6.92 Å². The van der Waals surface area contributed by atoms with Crippen LogP contribution in [0.3, 0.4) is 0 Å². The summed E-state index contributed by atoms with van der Waals surface area (Å²) in [5, 5.41) is 6.22. The molecule has 1 rings (SSSR count). The first-order chi connectivity index (χ1) is 9.35. The van der Waals surface area contributed by atoms with Crippen molar-refractivity contribution in [1.29, 1.82) is 0 Å². The van der Waals surface area contributed by atoms with Gasteiger partial charge in [0.2, 0.25) is 10.0 Å². The Morgan fingerprint density at radius 1 is 1.35 bits per heavy atom. The Labute approximate surface area is 121 Å². The summed E-state index contributed by atoms with van der Waals surface area (Å²) in [6.07, 6.45) is 3.24. The molecule has 0 spiro atoms. The molecule has 7 nitrogen and oxygen atoms in total. The molecule has 20 heavy (non-hydrogen) atoms. The van der Waals surface area contributed by atoms with Gasteiger partial charge in [-0.1, -0.05) is 0 Å². The first kappa shape index (κ1) is 17.2. The standard InChI is InChI=1S/C12H26N4O3S/c1-4-13-11(14-7-8-16-20(3,17)18)15-10-12(2)6-5-9-19-12/h16H,4-10H2,1-3H3,(H2,13,14,15). The zero-order valence-electron chi connectivity index (χ0n) is 12.5. The lowest BCUT2D eigenvalue weighted by Gasteiger charge is -2.21. The Morgan fingerprint density at radius 2 is 2.10 bits per heavy atom. The Bertz CT molecular complexity index is 416. The van der Waals surface area contributed by atoms with Gasteiger partial charge in [-0.05, 0) is 26.7 Å². The molecule has 8 heteroatoms. The van der Waals surface area contributed by atoms with Crippen LogP contribution in [0.2, 0.25) is 0 Å². The molecule has 118 valence electrons. The third kappa shape index (κ3) is 7.06. The average molecular weight is 306 g/mol. The van der Waals surface area contributed by atoms with Gasteiger partial charge in [0.25, 0.3) is 0 Å². The van der Waals surface area contributed by atoms with Crippen LogP contribution in [-0.4, -0.2) is 59.0 Å². The molecule has 0 aromatic heterocycles. The van der Waals surface area contributed by atoms with Crippen LogP contribution in [0, 0.1) is 0 Å². The van der Waals surface area contributed by atoms with Crippen molar-refractivity contribution in [3.63, 3.8) is 0 Å². The lowest BCUT2D eigenvalue weighted by atomic mass is 10.0. The summed E-state index contributed by atoms with van der Waals surface area (Å²) in [5.41, 5.74) is -0.173. The number of ether oxygens (including phenoxy) is 1. The number of rotatable bonds is 7. The molecule has 0 aromatic carbocycles. The van der Waals surface area contributed by atoms with Crippen molar-refractivity contribution < 1.29 is 13.2 Å². The first-order valence-electron chi connectivity index (χ1n) is 6.95. The zero-order valence-corrected chi connectivity index (χ0v) is 13.3. The van der Waals surface area contributed by atoms with Crippen LogP contribution in [0.25, 0.3) is 0 Å². The summed E-state index contributed by atoms with van der Waals surface area (Å²) in [6.45, 7) is 7.02. The number of nitrogens with one attached hydrogen (secondary N) is 3. The van der Waals surface area contributed by atoms with Crippen molar-refractivity contribution in [2.45, 2.75) is 32.3 Å². The quantitative estimate of drug-likeness (QED) is 0.340. The molecule has 0 aliphatic carbocycles. The maximum atomic E-state index is 10.9. The van der Waals surface area contributed by atoms with Crippen molar-refractivity contribution in [3.05, 3.63) is 0 Å². The van der Waals surface area contributed by atoms with Gasteiger partial charge >= 0.3 is 0 Å². The third-order valence-electron chi connectivity index (χ3n) is 3.00. The minimum atomic E-state index is -3.14. The van der Waals surface area contributed by atoms with Crippen LogP contribution in [-0.2, 0) is 14.8 Å². The van der Waals surface area contributed by atoms with E-state index >= 15 is 0 Å². The van der Waals surface area contributed by atoms with Gasteiger partial charge in [0.15, 0.2) is 5.96 Å². The normalized spacial score (nSPS) is 23.9. The molecule has 1 saturated heterocycles. The Kier molecular flexibility index (Phi) is 6.70. The second-order valence-electron chi connectivity index (χ2n) is 5.19. The van der Waals surface area contributed by atoms with Crippen LogP contribution in [0.5, 0.6) is 0 Å². The molecule has 0 amide bonds. The van der Waals surface area contributed by atoms with E-state index in [9.17, 15) is 8.42 Å². The summed E-state index contributed by atoms with van der Waals surface area (Å²) in [5.74, 6) is 0.680. The fourth-order valence-corrected chi connectivity index (χ4v) is 2.44. The highest BCUT2D eigenvalue weighted by Crippen LogP contribution is 2.24. The van der Waals surface area contributed by atoms with E-state index in [2.05, 4.69) is 27.3 Å². The van der Waals surface area contributed by atoms with E-state index in [1.165, 1.54) is 0 Å². The number of sulfonamides is 1. The summed E-state index contributed by atoms with van der Waals surface area (Å²) in [4.78, 5) is 4.49. The average Bonchev–Trinajstić information content (AvgIpc) is 2.78. The maximum Gasteiger partial charge on any atom is 0.208 e. The molecule has 1 unspecified atom stereocenters. The van der Waals surface area contributed by atoms with Crippen LogP contribution >= 0.6 is 0 Å². The smallest absolute Gasteiger partial charge is 0.208 e. The lowest BCUT2D eigenvalue weighted by Crippen LogP contribution is -2.42. The largest absolute Gasteiger partial charge is 0.373 e. The van der Waals surface area contributed by atoms with Gasteiger partial charge in [-0.15, -0.1) is 0 Å². The zero-order chi connectivity index (χ0) is 15.1. The van der Waals surface area contributed by atoms with Gasteiger partial charge in [-0.2, -0.15) is 0 Å². The molecular weight excluding hydrogens is 280 g/mol. The summed E-state index contributed by atoms with van der Waals surface area (Å²) in [6, 6.07) is 0. The predicted octanol–water partition coefficient (Wildman–Crippen LogP) is -0.340. The topological polar surface area (TPSA) is 91.8 Å². The summed E-state index contributed by atoms with van der Waals surface area (Å²) < 4.78 is 30.0. The highest BCUT2D eigenvalue weighted by molar-refractivity contribution is 7.88. The number of hydrogen-bond acceptors (Lipinski definition) is 4. The molecule has 3 N–H and O–H groups in total. The SMILES string of the molecule is CCNC(=NCC1(C)CCCO1)NCCNS(C)(=O)=O. The van der Waals surface area contributed by atoms with Crippen molar-refractivity contribution in [2.24, 2.45) is 4.99 Å². The highest BCUT2D eigenvalue weighted by atomic mass is 32.2. The fraction of sp³-hybridized carbons (Fsp3) is 0.917. The first-order valence-corrected chi connectivity index (χ1v) is 8.84. The van der Waals surface area contributed by atoms with Crippen LogP contribution in [0.1, 0.15) is 26.7 Å². The van der Waals surface area contributed by atoms with Gasteiger partial charge in [0.05, 0.1) is 18.4 Å². The molecule has 0 aromatic rings. The molecule has 0 saturated carbocycles. The third-order valence-corrected chi connectivity index (χ3v) is 3.73. The Balaban J connectivity index is 2.38. The fourth-order valence-electron chi connectivity index (χ4n) is 1.97. The monoisotopic (exact) mass is 306 g/mol. The van der Waals surface area contributed by atoms with E-state index in [1.54, 1.807) is 0 Å². The molecule has 1 aliphatic rings. The van der Waals surface area contributed by atoms with E-state index in [0.717, 1.165) is 32.2 Å². The minimum Gasteiger partial charge on any atom is -0.373 e. The van der Waals surface area contributed by atoms with Crippen molar-refractivity contribution >= 4 is 16.0 Å². The van der Waals surface area contributed by atoms with E-state index in [-0.39, 0.29) is 5.60 Å². The van der Waals surface area contributed by atoms with Crippen molar-refractivity contribution in [1.82, 2.24) is 15.4 Å². The second-order valence-corrected chi connectivity index (χ2v) is 7.02. The molecule has 1 fully saturated rings.